The molecule has 1 heteroatoms. The van der Waals surface area contributed by atoms with Crippen LogP contribution in [0.25, 0.3) is 82.8 Å². The second-order valence-corrected chi connectivity index (χ2v) is 12.9. The number of fused-ring (bicyclic) bond motifs is 7. The number of hydrogen-bond acceptors (Lipinski definition) is 0. The number of rotatable bonds is 2. The summed E-state index contributed by atoms with van der Waals surface area (Å²) in [4.78, 5) is 0. The van der Waals surface area contributed by atoms with Crippen molar-refractivity contribution in [1.29, 1.82) is 0 Å². The SMILES string of the molecule is CC1(C)c2ccccc2-c2c1cc1c3c2-c2ccccc2-c2cccc4ccc(c3c24)n1-c1ccc(-c2ccccc2)cc1. The van der Waals surface area contributed by atoms with Gasteiger partial charge in [-0.2, -0.15) is 0 Å². The third-order valence-corrected chi connectivity index (χ3v) is 10.3. The minimum atomic E-state index is -0.113. The van der Waals surface area contributed by atoms with Crippen LogP contribution in [0.2, 0.25) is 0 Å². The fourth-order valence-corrected chi connectivity index (χ4v) is 8.34. The zero-order valence-electron chi connectivity index (χ0n) is 24.7. The standard InChI is InChI=1S/C43H29N/c1-43(2)34-18-9-8-16-33(34)39-35(43)25-37-42-40(39)32-15-7-6-14-30(32)31-17-10-13-28-21-24-36(41(42)38(28)31)44(37)29-22-19-27(20-23-29)26-11-4-3-5-12-26/h3-25H,1-2H3. The highest BCUT2D eigenvalue weighted by atomic mass is 15.0. The maximum atomic E-state index is 2.52. The Balaban J connectivity index is 1.42. The topological polar surface area (TPSA) is 4.93 Å². The molecule has 10 rings (SSSR count). The van der Waals surface area contributed by atoms with Gasteiger partial charge in [0.15, 0.2) is 0 Å². The molecule has 0 spiro atoms. The Bertz CT molecular complexity index is 2490. The lowest BCUT2D eigenvalue weighted by molar-refractivity contribution is 0.661. The smallest absolute Gasteiger partial charge is 0.0551 e. The molecule has 8 aromatic rings. The van der Waals surface area contributed by atoms with Gasteiger partial charge in [-0.25, -0.2) is 0 Å². The molecule has 44 heavy (non-hydrogen) atoms. The molecule has 0 N–H and O–H groups in total. The van der Waals surface area contributed by atoms with Gasteiger partial charge in [0.1, 0.15) is 0 Å². The molecule has 0 atom stereocenters. The van der Waals surface area contributed by atoms with E-state index in [1.54, 1.807) is 0 Å². The van der Waals surface area contributed by atoms with Crippen LogP contribution in [0, 0.1) is 0 Å². The normalized spacial score (nSPS) is 13.9. The zero-order chi connectivity index (χ0) is 29.2. The van der Waals surface area contributed by atoms with E-state index in [0.717, 1.165) is 0 Å². The van der Waals surface area contributed by atoms with Crippen LogP contribution in [0.4, 0.5) is 0 Å². The lowest BCUT2D eigenvalue weighted by atomic mass is 9.81. The van der Waals surface area contributed by atoms with E-state index >= 15 is 0 Å². The molecule has 1 nitrogen and oxygen atoms in total. The largest absolute Gasteiger partial charge is 0.309 e. The zero-order valence-corrected chi connectivity index (χ0v) is 24.7. The van der Waals surface area contributed by atoms with Crippen molar-refractivity contribution in [3.8, 4) is 50.2 Å². The van der Waals surface area contributed by atoms with E-state index in [0.29, 0.717) is 0 Å². The van der Waals surface area contributed by atoms with Gasteiger partial charge in [0.05, 0.1) is 11.0 Å². The van der Waals surface area contributed by atoms with Gasteiger partial charge in [0.25, 0.3) is 0 Å². The van der Waals surface area contributed by atoms with Crippen molar-refractivity contribution < 1.29 is 0 Å². The molecule has 0 amide bonds. The predicted molar refractivity (Wildman–Crippen MR) is 186 cm³/mol. The van der Waals surface area contributed by atoms with Crippen molar-refractivity contribution in [3.05, 3.63) is 151 Å². The van der Waals surface area contributed by atoms with Crippen LogP contribution in [0.1, 0.15) is 25.0 Å². The summed E-state index contributed by atoms with van der Waals surface area (Å²) in [5.74, 6) is 0. The van der Waals surface area contributed by atoms with E-state index in [-0.39, 0.29) is 5.41 Å². The maximum Gasteiger partial charge on any atom is 0.0551 e. The van der Waals surface area contributed by atoms with E-state index in [4.69, 9.17) is 0 Å². The van der Waals surface area contributed by atoms with Crippen molar-refractivity contribution in [2.75, 3.05) is 0 Å². The quantitative estimate of drug-likeness (QED) is 0.198. The predicted octanol–water partition coefficient (Wildman–Crippen LogP) is 11.6. The molecular weight excluding hydrogens is 530 g/mol. The third kappa shape index (κ3) is 2.94. The Morgan fingerprint density at radius 2 is 1.11 bits per heavy atom. The molecule has 0 saturated heterocycles. The highest BCUT2D eigenvalue weighted by Gasteiger charge is 2.39. The Morgan fingerprint density at radius 3 is 1.93 bits per heavy atom. The third-order valence-electron chi connectivity index (χ3n) is 10.3. The first-order valence-corrected chi connectivity index (χ1v) is 15.5. The van der Waals surface area contributed by atoms with E-state index in [2.05, 4.69) is 158 Å². The molecule has 7 aromatic carbocycles. The fraction of sp³-hybridized carbons (Fsp3) is 0.0698. The molecule has 2 aliphatic rings. The highest BCUT2D eigenvalue weighted by molar-refractivity contribution is 6.32. The number of aromatic nitrogens is 1. The molecule has 0 aliphatic heterocycles. The van der Waals surface area contributed by atoms with Crippen LogP contribution < -0.4 is 0 Å². The van der Waals surface area contributed by atoms with Crippen LogP contribution in [-0.2, 0) is 5.41 Å². The fourth-order valence-electron chi connectivity index (χ4n) is 8.34. The second-order valence-electron chi connectivity index (χ2n) is 12.9. The van der Waals surface area contributed by atoms with Gasteiger partial charge < -0.3 is 4.57 Å². The summed E-state index contributed by atoms with van der Waals surface area (Å²) in [6.07, 6.45) is 0. The number of benzene rings is 7. The highest BCUT2D eigenvalue weighted by Crippen LogP contribution is 2.58. The van der Waals surface area contributed by atoms with Crippen molar-refractivity contribution in [3.63, 3.8) is 0 Å². The summed E-state index contributed by atoms with van der Waals surface area (Å²) in [7, 11) is 0. The molecular formula is C43H29N. The molecule has 1 aromatic heterocycles. The summed E-state index contributed by atoms with van der Waals surface area (Å²) in [6.45, 7) is 4.79. The Hall–Kier alpha value is -5.40. The molecule has 0 radical (unpaired) electrons. The van der Waals surface area contributed by atoms with Gasteiger partial charge in [-0.1, -0.05) is 129 Å². The average molecular weight is 560 g/mol. The summed E-state index contributed by atoms with van der Waals surface area (Å²) >= 11 is 0. The second kappa shape index (κ2) is 8.36. The van der Waals surface area contributed by atoms with E-state index in [1.165, 1.54) is 93.9 Å². The molecule has 2 aliphatic carbocycles. The molecule has 0 unspecified atom stereocenters. The van der Waals surface area contributed by atoms with E-state index < -0.39 is 0 Å². The monoisotopic (exact) mass is 559 g/mol. The Morgan fingerprint density at radius 1 is 0.432 bits per heavy atom. The number of hydrogen-bond donors (Lipinski definition) is 0. The summed E-state index contributed by atoms with van der Waals surface area (Å²) in [6, 6.07) is 51.9. The van der Waals surface area contributed by atoms with Gasteiger partial charge in [-0.3, -0.25) is 0 Å². The van der Waals surface area contributed by atoms with Gasteiger partial charge in [-0.15, -0.1) is 0 Å². The van der Waals surface area contributed by atoms with Crippen molar-refractivity contribution in [1.82, 2.24) is 4.57 Å². The first kappa shape index (κ1) is 24.1. The van der Waals surface area contributed by atoms with E-state index in [1.807, 2.05) is 0 Å². The lowest BCUT2D eigenvalue weighted by Gasteiger charge is -2.23. The minimum Gasteiger partial charge on any atom is -0.309 e. The van der Waals surface area contributed by atoms with Crippen LogP contribution in [-0.4, -0.2) is 4.57 Å². The van der Waals surface area contributed by atoms with Gasteiger partial charge >= 0.3 is 0 Å². The van der Waals surface area contributed by atoms with Gasteiger partial charge in [0.2, 0.25) is 0 Å². The Kier molecular flexibility index (Phi) is 4.58. The minimum absolute atomic E-state index is 0.113. The maximum absolute atomic E-state index is 2.52. The van der Waals surface area contributed by atoms with Crippen LogP contribution in [0.5, 0.6) is 0 Å². The molecule has 1 heterocycles. The van der Waals surface area contributed by atoms with Crippen LogP contribution in [0.3, 0.4) is 0 Å². The average Bonchev–Trinajstić information content (AvgIpc) is 3.47. The van der Waals surface area contributed by atoms with Crippen molar-refractivity contribution in [2.45, 2.75) is 19.3 Å². The Labute approximate surface area is 256 Å². The number of nitrogens with zero attached hydrogens (tertiary/aromatic N) is 1. The summed E-state index contributed by atoms with van der Waals surface area (Å²) in [5.41, 5.74) is 17.0. The van der Waals surface area contributed by atoms with E-state index in [9.17, 15) is 0 Å². The lowest BCUT2D eigenvalue weighted by Crippen LogP contribution is -2.15. The summed E-state index contributed by atoms with van der Waals surface area (Å²) < 4.78 is 2.52. The molecule has 0 fully saturated rings. The first-order valence-electron chi connectivity index (χ1n) is 15.5. The molecule has 0 saturated carbocycles. The van der Waals surface area contributed by atoms with Crippen molar-refractivity contribution >= 4 is 32.6 Å². The molecule has 0 bridgehead atoms. The van der Waals surface area contributed by atoms with Crippen LogP contribution in [0.15, 0.2) is 140 Å². The molecule has 206 valence electrons. The van der Waals surface area contributed by atoms with Gasteiger partial charge in [-0.05, 0) is 85.1 Å². The van der Waals surface area contributed by atoms with Crippen LogP contribution >= 0.6 is 0 Å². The van der Waals surface area contributed by atoms with Crippen molar-refractivity contribution in [2.24, 2.45) is 0 Å². The summed E-state index contributed by atoms with van der Waals surface area (Å²) in [5, 5.41) is 5.36. The first-order chi connectivity index (χ1) is 21.6. The van der Waals surface area contributed by atoms with Gasteiger partial charge in [0, 0.05) is 27.4 Å².